The Morgan fingerprint density at radius 2 is 1.71 bits per heavy atom. The van der Waals surface area contributed by atoms with Gasteiger partial charge >= 0.3 is 0 Å². The van der Waals surface area contributed by atoms with Gasteiger partial charge in [-0.05, 0) is 74.3 Å². The third-order valence-corrected chi connectivity index (χ3v) is 7.29. The maximum Gasteiger partial charge on any atom is 0.263 e. The number of likely N-dealkylation sites (N-methyl/N-ethyl adjacent to an activating group) is 2. The molecule has 3 aromatic carbocycles. The number of H-pyrrole nitrogens is 1. The van der Waals surface area contributed by atoms with Gasteiger partial charge in [0.05, 0.1) is 18.4 Å². The van der Waals surface area contributed by atoms with Gasteiger partial charge in [-0.15, -0.1) is 0 Å². The number of carbonyl (C=O) groups excluding carboxylic acids is 2. The predicted molar refractivity (Wildman–Crippen MR) is 178 cm³/mol. The lowest BCUT2D eigenvalue weighted by Crippen LogP contribution is -2.35. The van der Waals surface area contributed by atoms with Crippen molar-refractivity contribution < 1.29 is 18.4 Å². The van der Waals surface area contributed by atoms with Crippen LogP contribution in [0.2, 0.25) is 0 Å². The molecule has 2 heterocycles. The minimum absolute atomic E-state index is 0.0597. The lowest BCUT2D eigenvalue weighted by molar-refractivity contribution is 0.0761. The van der Waals surface area contributed by atoms with E-state index in [9.17, 15) is 23.2 Å². The number of aromatic nitrogens is 4. The molecular formula is C35H32F2N8O3. The molecule has 244 valence electrons. The number of nitrogens with one attached hydrogen (secondary N) is 2. The molecule has 2 aromatic heterocycles. The predicted octanol–water partition coefficient (Wildman–Crippen LogP) is 4.06. The van der Waals surface area contributed by atoms with E-state index in [1.165, 1.54) is 11.0 Å². The van der Waals surface area contributed by atoms with Crippen LogP contribution in [0.4, 0.5) is 20.4 Å². The minimum atomic E-state index is -1.05. The van der Waals surface area contributed by atoms with E-state index in [-0.39, 0.29) is 24.6 Å². The van der Waals surface area contributed by atoms with Crippen LogP contribution in [0, 0.1) is 23.5 Å². The summed E-state index contributed by atoms with van der Waals surface area (Å²) in [4.78, 5) is 58.2. The van der Waals surface area contributed by atoms with E-state index in [0.717, 1.165) is 42.3 Å². The second-order valence-electron chi connectivity index (χ2n) is 11.2. The third-order valence-electron chi connectivity index (χ3n) is 7.29. The van der Waals surface area contributed by atoms with E-state index < -0.39 is 23.1 Å². The molecule has 0 spiro atoms. The largest absolute Gasteiger partial charge is 0.340 e. The Kier molecular flexibility index (Phi) is 10.5. The standard InChI is InChI=1S/C35H32F2N8O3/c1-43(2)15-16-44(3)33(47)25-8-10-27(11-9-25)41-35-39-19-26-17-23(7-13-31(26)42-35)5-4-14-45(21-24-6-12-29(36)30(37)18-24)34(48)28-20-38-22-40-32(28)46/h6-13,17-20,22H,14-16,21H2,1-3H3,(H,38,40,46)(H,39,41,42). The number of anilines is 2. The fourth-order valence-corrected chi connectivity index (χ4v) is 4.63. The van der Waals surface area contributed by atoms with Gasteiger partial charge in [-0.3, -0.25) is 14.4 Å². The van der Waals surface area contributed by atoms with Crippen molar-refractivity contribution in [3.8, 4) is 11.8 Å². The highest BCUT2D eigenvalue weighted by molar-refractivity contribution is 5.94. The Balaban J connectivity index is 1.27. The summed E-state index contributed by atoms with van der Waals surface area (Å²) in [6, 6.07) is 15.8. The summed E-state index contributed by atoms with van der Waals surface area (Å²) in [5.74, 6) is 3.52. The lowest BCUT2D eigenvalue weighted by Gasteiger charge is -2.20. The number of rotatable bonds is 10. The number of nitrogens with zero attached hydrogens (tertiary/aromatic N) is 6. The molecule has 11 nitrogen and oxygen atoms in total. The van der Waals surface area contributed by atoms with Crippen molar-refractivity contribution in [2.75, 3.05) is 46.1 Å². The Morgan fingerprint density at radius 1 is 0.917 bits per heavy atom. The van der Waals surface area contributed by atoms with Gasteiger partial charge in [-0.2, -0.15) is 0 Å². The van der Waals surface area contributed by atoms with Crippen LogP contribution >= 0.6 is 0 Å². The highest BCUT2D eigenvalue weighted by Gasteiger charge is 2.19. The average molecular weight is 651 g/mol. The van der Waals surface area contributed by atoms with Crippen molar-refractivity contribution in [3.63, 3.8) is 0 Å². The Labute approximate surface area is 275 Å². The van der Waals surface area contributed by atoms with Crippen LogP contribution in [0.3, 0.4) is 0 Å². The third kappa shape index (κ3) is 8.42. The quantitative estimate of drug-likeness (QED) is 0.217. The van der Waals surface area contributed by atoms with Crippen LogP contribution in [0.1, 0.15) is 31.8 Å². The van der Waals surface area contributed by atoms with Crippen LogP contribution in [0.25, 0.3) is 10.9 Å². The molecule has 0 aliphatic heterocycles. The summed E-state index contributed by atoms with van der Waals surface area (Å²) in [5, 5.41) is 3.88. The summed E-state index contributed by atoms with van der Waals surface area (Å²) in [7, 11) is 5.70. The minimum Gasteiger partial charge on any atom is -0.340 e. The smallest absolute Gasteiger partial charge is 0.263 e. The first kappa shape index (κ1) is 33.4. The Bertz CT molecular complexity index is 2070. The van der Waals surface area contributed by atoms with E-state index in [4.69, 9.17) is 0 Å². The van der Waals surface area contributed by atoms with Gasteiger partial charge in [-0.1, -0.05) is 17.9 Å². The van der Waals surface area contributed by atoms with Crippen molar-refractivity contribution in [1.82, 2.24) is 34.6 Å². The van der Waals surface area contributed by atoms with Crippen LogP contribution in [0.5, 0.6) is 0 Å². The second kappa shape index (κ2) is 15.1. The van der Waals surface area contributed by atoms with E-state index in [1.54, 1.807) is 60.6 Å². The summed E-state index contributed by atoms with van der Waals surface area (Å²) in [5.41, 5.74) is 2.08. The number of aromatic amines is 1. The van der Waals surface area contributed by atoms with Gasteiger partial charge in [0.1, 0.15) is 5.56 Å². The first-order chi connectivity index (χ1) is 23.1. The fourth-order valence-electron chi connectivity index (χ4n) is 4.63. The zero-order valence-corrected chi connectivity index (χ0v) is 26.5. The monoisotopic (exact) mass is 650 g/mol. The maximum absolute atomic E-state index is 13.9. The molecule has 5 rings (SSSR count). The van der Waals surface area contributed by atoms with Gasteiger partial charge in [0.2, 0.25) is 5.95 Å². The first-order valence-electron chi connectivity index (χ1n) is 14.9. The van der Waals surface area contributed by atoms with Crippen LogP contribution in [0.15, 0.2) is 84.2 Å². The fraction of sp³-hybridized carbons (Fsp3) is 0.200. The molecule has 0 atom stereocenters. The number of carbonyl (C=O) groups is 2. The second-order valence-corrected chi connectivity index (χ2v) is 11.2. The van der Waals surface area contributed by atoms with Gasteiger partial charge < -0.3 is 25.0 Å². The number of amides is 2. The van der Waals surface area contributed by atoms with Gasteiger partial charge in [0.15, 0.2) is 11.6 Å². The van der Waals surface area contributed by atoms with Gasteiger partial charge in [0.25, 0.3) is 17.4 Å². The number of hydrogen-bond acceptors (Lipinski definition) is 8. The van der Waals surface area contributed by atoms with E-state index in [0.29, 0.717) is 34.7 Å². The lowest BCUT2D eigenvalue weighted by atomic mass is 10.1. The number of benzene rings is 3. The van der Waals surface area contributed by atoms with Crippen LogP contribution in [-0.4, -0.2) is 87.2 Å². The van der Waals surface area contributed by atoms with E-state index >= 15 is 0 Å². The SMILES string of the molecule is CN(C)CCN(C)C(=O)c1ccc(Nc2ncc3cc(C#CCN(Cc4ccc(F)c(F)c4)C(=O)c4cnc[nH]c4=O)ccc3n2)cc1. The normalized spacial score (nSPS) is 10.8. The van der Waals surface area contributed by atoms with Crippen molar-refractivity contribution in [3.05, 3.63) is 124 Å². The highest BCUT2D eigenvalue weighted by Crippen LogP contribution is 2.19. The molecular weight excluding hydrogens is 618 g/mol. The first-order valence-corrected chi connectivity index (χ1v) is 14.9. The molecule has 2 N–H and O–H groups in total. The van der Waals surface area contributed by atoms with Gasteiger partial charge in [0, 0.05) is 61.3 Å². The molecule has 0 fully saturated rings. The molecule has 0 radical (unpaired) electrons. The Morgan fingerprint density at radius 3 is 2.44 bits per heavy atom. The van der Waals surface area contributed by atoms with Crippen molar-refractivity contribution in [1.29, 1.82) is 0 Å². The molecule has 0 aliphatic carbocycles. The number of hydrogen-bond donors (Lipinski definition) is 2. The number of fused-ring (bicyclic) bond motifs is 1. The van der Waals surface area contributed by atoms with E-state index in [2.05, 4.69) is 37.1 Å². The zero-order chi connectivity index (χ0) is 34.2. The molecule has 48 heavy (non-hydrogen) atoms. The molecule has 0 saturated heterocycles. The summed E-state index contributed by atoms with van der Waals surface area (Å²) in [6.45, 7) is 1.16. The van der Waals surface area contributed by atoms with Crippen molar-refractivity contribution in [2.45, 2.75) is 6.54 Å². The Hall–Kier alpha value is -6.00. The highest BCUT2D eigenvalue weighted by atomic mass is 19.2. The zero-order valence-electron chi connectivity index (χ0n) is 26.5. The topological polar surface area (TPSA) is 127 Å². The molecule has 2 amide bonds. The molecule has 0 saturated carbocycles. The van der Waals surface area contributed by atoms with E-state index in [1.807, 2.05) is 19.0 Å². The molecule has 0 aliphatic rings. The van der Waals surface area contributed by atoms with Crippen LogP contribution in [-0.2, 0) is 6.54 Å². The summed E-state index contributed by atoms with van der Waals surface area (Å²) in [6.07, 6.45) is 3.96. The van der Waals surface area contributed by atoms with Crippen molar-refractivity contribution >= 4 is 34.4 Å². The van der Waals surface area contributed by atoms with Gasteiger partial charge in [-0.25, -0.2) is 23.7 Å². The summed E-state index contributed by atoms with van der Waals surface area (Å²) < 4.78 is 27.3. The molecule has 13 heteroatoms. The van der Waals surface area contributed by atoms with Crippen LogP contribution < -0.4 is 10.9 Å². The summed E-state index contributed by atoms with van der Waals surface area (Å²) >= 11 is 0. The maximum atomic E-state index is 13.9. The molecule has 0 bridgehead atoms. The number of halogens is 2. The molecule has 0 unspecified atom stereocenters. The molecule has 5 aromatic rings. The average Bonchev–Trinajstić information content (AvgIpc) is 3.08. The van der Waals surface area contributed by atoms with Crippen molar-refractivity contribution in [2.24, 2.45) is 0 Å².